The number of amides is 1. The molecule has 1 amide bonds. The number of hydrogen-bond acceptors (Lipinski definition) is 3. The van der Waals surface area contributed by atoms with Gasteiger partial charge in [-0.1, -0.05) is 48.5 Å². The van der Waals surface area contributed by atoms with Crippen molar-refractivity contribution in [2.75, 3.05) is 5.32 Å². The van der Waals surface area contributed by atoms with Gasteiger partial charge in [-0.05, 0) is 35.9 Å². The molecule has 0 spiro atoms. The Kier molecular flexibility index (Phi) is 4.49. The van der Waals surface area contributed by atoms with Crippen molar-refractivity contribution in [3.8, 4) is 0 Å². The topological polar surface area (TPSA) is 74.8 Å². The van der Waals surface area contributed by atoms with Crippen LogP contribution in [0.1, 0.15) is 21.6 Å². The summed E-state index contributed by atoms with van der Waals surface area (Å²) >= 11 is 0. The number of aromatic nitrogens is 2. The molecule has 1 aromatic heterocycles. The fourth-order valence-corrected chi connectivity index (χ4v) is 3.05. The third-order valence-corrected chi connectivity index (χ3v) is 4.37. The van der Waals surface area contributed by atoms with E-state index in [4.69, 9.17) is 0 Å². The summed E-state index contributed by atoms with van der Waals surface area (Å²) < 4.78 is 0. The van der Waals surface area contributed by atoms with Crippen molar-refractivity contribution < 1.29 is 4.79 Å². The first-order chi connectivity index (χ1) is 13.2. The first-order valence-electron chi connectivity index (χ1n) is 8.62. The van der Waals surface area contributed by atoms with E-state index < -0.39 is 0 Å². The molecule has 0 bridgehead atoms. The van der Waals surface area contributed by atoms with E-state index in [9.17, 15) is 9.59 Å². The molecule has 0 atom stereocenters. The smallest absolute Gasteiger partial charge is 0.272 e. The normalized spacial score (nSPS) is 10.7. The standard InChI is InChI=1S/C22H17N3O2/c26-21(16-8-2-1-3-9-16)23-17-10-6-7-15(13-17)14-20-18-11-4-5-12-19(18)22(27)25-24-20/h1-13H,14H2,(H,23,26)(H,25,27). The molecular formula is C22H17N3O2. The second-order valence-corrected chi connectivity index (χ2v) is 6.24. The van der Waals surface area contributed by atoms with Gasteiger partial charge in [0.25, 0.3) is 11.5 Å². The fraction of sp³-hybridized carbons (Fsp3) is 0.0455. The van der Waals surface area contributed by atoms with E-state index in [0.29, 0.717) is 17.4 Å². The van der Waals surface area contributed by atoms with Gasteiger partial charge in [0.05, 0.1) is 11.1 Å². The number of fused-ring (bicyclic) bond motifs is 1. The number of nitrogens with one attached hydrogen (secondary N) is 2. The van der Waals surface area contributed by atoms with Crippen LogP contribution < -0.4 is 10.9 Å². The summed E-state index contributed by atoms with van der Waals surface area (Å²) in [6, 6.07) is 24.1. The predicted molar refractivity (Wildman–Crippen MR) is 106 cm³/mol. The zero-order valence-electron chi connectivity index (χ0n) is 14.5. The molecular weight excluding hydrogens is 338 g/mol. The quantitative estimate of drug-likeness (QED) is 0.585. The lowest BCUT2D eigenvalue weighted by Crippen LogP contribution is -2.12. The van der Waals surface area contributed by atoms with Crippen LogP contribution in [-0.2, 0) is 6.42 Å². The Bertz CT molecular complexity index is 1170. The number of carbonyl (C=O) groups excluding carboxylic acids is 1. The molecule has 0 unspecified atom stereocenters. The predicted octanol–water partition coefficient (Wildman–Crippen LogP) is 3.77. The highest BCUT2D eigenvalue weighted by atomic mass is 16.1. The lowest BCUT2D eigenvalue weighted by molar-refractivity contribution is 0.102. The average Bonchev–Trinajstić information content (AvgIpc) is 2.71. The third-order valence-electron chi connectivity index (χ3n) is 4.37. The minimum atomic E-state index is -0.196. The Balaban J connectivity index is 1.60. The molecule has 5 nitrogen and oxygen atoms in total. The van der Waals surface area contributed by atoms with Crippen LogP contribution in [0.15, 0.2) is 83.7 Å². The molecule has 4 aromatic rings. The van der Waals surface area contributed by atoms with Crippen molar-refractivity contribution in [1.29, 1.82) is 0 Å². The van der Waals surface area contributed by atoms with Crippen LogP contribution in [0.25, 0.3) is 10.8 Å². The molecule has 0 aliphatic rings. The number of hydrogen-bond donors (Lipinski definition) is 2. The first-order valence-corrected chi connectivity index (χ1v) is 8.62. The third kappa shape index (κ3) is 3.62. The van der Waals surface area contributed by atoms with E-state index >= 15 is 0 Å². The van der Waals surface area contributed by atoms with Gasteiger partial charge in [0.15, 0.2) is 0 Å². The Hall–Kier alpha value is -3.73. The number of anilines is 1. The molecule has 5 heteroatoms. The Morgan fingerprint density at radius 3 is 2.44 bits per heavy atom. The molecule has 0 saturated carbocycles. The van der Waals surface area contributed by atoms with Gasteiger partial charge in [0, 0.05) is 23.1 Å². The summed E-state index contributed by atoms with van der Waals surface area (Å²) in [4.78, 5) is 24.3. The maximum absolute atomic E-state index is 12.3. The van der Waals surface area contributed by atoms with E-state index in [1.165, 1.54) is 0 Å². The molecule has 4 rings (SSSR count). The maximum Gasteiger partial charge on any atom is 0.272 e. The van der Waals surface area contributed by atoms with E-state index in [1.54, 1.807) is 18.2 Å². The molecule has 2 N–H and O–H groups in total. The molecule has 27 heavy (non-hydrogen) atoms. The summed E-state index contributed by atoms with van der Waals surface area (Å²) in [6.45, 7) is 0. The second-order valence-electron chi connectivity index (χ2n) is 6.24. The summed E-state index contributed by atoms with van der Waals surface area (Å²) in [5.74, 6) is -0.152. The van der Waals surface area contributed by atoms with Crippen LogP contribution in [0.2, 0.25) is 0 Å². The fourth-order valence-electron chi connectivity index (χ4n) is 3.05. The van der Waals surface area contributed by atoms with Crippen LogP contribution in [0.5, 0.6) is 0 Å². The van der Waals surface area contributed by atoms with Crippen LogP contribution in [0.4, 0.5) is 5.69 Å². The van der Waals surface area contributed by atoms with Crippen LogP contribution in [-0.4, -0.2) is 16.1 Å². The number of aromatic amines is 1. The Labute approximate surface area is 155 Å². The number of H-pyrrole nitrogens is 1. The molecule has 1 heterocycles. The molecule has 3 aromatic carbocycles. The molecule has 0 fully saturated rings. The zero-order chi connectivity index (χ0) is 18.6. The second kappa shape index (κ2) is 7.25. The van der Waals surface area contributed by atoms with E-state index in [0.717, 1.165) is 22.3 Å². The van der Waals surface area contributed by atoms with Gasteiger partial charge in [-0.2, -0.15) is 5.10 Å². The summed E-state index contributed by atoms with van der Waals surface area (Å²) in [5.41, 5.74) is 2.91. The molecule has 0 aliphatic heterocycles. The summed E-state index contributed by atoms with van der Waals surface area (Å²) in [5, 5.41) is 11.1. The molecule has 132 valence electrons. The van der Waals surface area contributed by atoms with Gasteiger partial charge in [0.2, 0.25) is 0 Å². The van der Waals surface area contributed by atoms with E-state index in [1.807, 2.05) is 60.7 Å². The lowest BCUT2D eigenvalue weighted by Gasteiger charge is -2.09. The Morgan fingerprint density at radius 1 is 0.889 bits per heavy atom. The van der Waals surface area contributed by atoms with Crippen molar-refractivity contribution in [3.05, 3.63) is 106 Å². The van der Waals surface area contributed by atoms with Gasteiger partial charge in [-0.3, -0.25) is 9.59 Å². The van der Waals surface area contributed by atoms with Gasteiger partial charge >= 0.3 is 0 Å². The maximum atomic E-state index is 12.3. The minimum absolute atomic E-state index is 0.152. The first kappa shape index (κ1) is 16.7. The average molecular weight is 355 g/mol. The van der Waals surface area contributed by atoms with Crippen molar-refractivity contribution in [2.45, 2.75) is 6.42 Å². The van der Waals surface area contributed by atoms with Crippen molar-refractivity contribution in [2.24, 2.45) is 0 Å². The minimum Gasteiger partial charge on any atom is -0.322 e. The van der Waals surface area contributed by atoms with Crippen LogP contribution in [0.3, 0.4) is 0 Å². The number of rotatable bonds is 4. The van der Waals surface area contributed by atoms with Crippen LogP contribution in [0, 0.1) is 0 Å². The van der Waals surface area contributed by atoms with Gasteiger partial charge in [-0.15, -0.1) is 0 Å². The summed E-state index contributed by atoms with van der Waals surface area (Å²) in [7, 11) is 0. The zero-order valence-corrected chi connectivity index (χ0v) is 14.5. The molecule has 0 saturated heterocycles. The monoisotopic (exact) mass is 355 g/mol. The van der Waals surface area contributed by atoms with Gasteiger partial charge < -0.3 is 5.32 Å². The van der Waals surface area contributed by atoms with E-state index in [2.05, 4.69) is 15.5 Å². The summed E-state index contributed by atoms with van der Waals surface area (Å²) in [6.07, 6.45) is 0.548. The lowest BCUT2D eigenvalue weighted by atomic mass is 10.0. The van der Waals surface area contributed by atoms with Crippen molar-refractivity contribution in [3.63, 3.8) is 0 Å². The van der Waals surface area contributed by atoms with Gasteiger partial charge in [0.1, 0.15) is 0 Å². The highest BCUT2D eigenvalue weighted by Gasteiger charge is 2.09. The number of carbonyl (C=O) groups is 1. The van der Waals surface area contributed by atoms with Gasteiger partial charge in [-0.25, -0.2) is 5.10 Å². The molecule has 0 aliphatic carbocycles. The van der Waals surface area contributed by atoms with Crippen molar-refractivity contribution >= 4 is 22.4 Å². The highest BCUT2D eigenvalue weighted by molar-refractivity contribution is 6.04. The van der Waals surface area contributed by atoms with Crippen LogP contribution >= 0.6 is 0 Å². The number of benzene rings is 3. The SMILES string of the molecule is O=C(Nc1cccc(Cc2n[nH]c(=O)c3ccccc23)c1)c1ccccc1. The largest absolute Gasteiger partial charge is 0.322 e. The highest BCUT2D eigenvalue weighted by Crippen LogP contribution is 2.19. The Morgan fingerprint density at radius 2 is 1.63 bits per heavy atom. The molecule has 0 radical (unpaired) electrons. The van der Waals surface area contributed by atoms with E-state index in [-0.39, 0.29) is 11.5 Å². The number of nitrogens with zero attached hydrogens (tertiary/aromatic N) is 1. The van der Waals surface area contributed by atoms with Crippen molar-refractivity contribution in [1.82, 2.24) is 10.2 Å².